The molecule has 0 aliphatic carbocycles. The molecule has 0 spiro atoms. The molecule has 0 atom stereocenters. The molecule has 0 saturated carbocycles. The van der Waals surface area contributed by atoms with Crippen molar-refractivity contribution in [1.29, 1.82) is 0 Å². The number of hydrogen-bond acceptors (Lipinski definition) is 4. The van der Waals surface area contributed by atoms with Crippen LogP contribution in [0.5, 0.6) is 0 Å². The Labute approximate surface area is 133 Å². The van der Waals surface area contributed by atoms with Crippen LogP contribution in [-0.2, 0) is 17.9 Å². The minimum atomic E-state index is 0.424. The average molecular weight is 299 g/mol. The van der Waals surface area contributed by atoms with Gasteiger partial charge < -0.3 is 10.5 Å². The summed E-state index contributed by atoms with van der Waals surface area (Å²) in [5.74, 6) is 0.494. The summed E-state index contributed by atoms with van der Waals surface area (Å²) in [5, 5.41) is 0. The molecule has 0 radical (unpaired) electrons. The number of aliphatic imine (C=N–C) groups is 2. The van der Waals surface area contributed by atoms with Gasteiger partial charge in [0.15, 0.2) is 0 Å². The second-order valence-corrected chi connectivity index (χ2v) is 5.19. The first-order valence-electron chi connectivity index (χ1n) is 7.29. The number of hydrogen-bond donors (Lipinski definition) is 1. The topological polar surface area (TPSA) is 60.0 Å². The molecule has 0 heterocycles. The molecule has 0 fully saturated rings. The zero-order valence-electron chi connectivity index (χ0n) is 13.9. The maximum absolute atomic E-state index is 5.87. The Morgan fingerprint density at radius 3 is 2.23 bits per heavy atom. The van der Waals surface area contributed by atoms with Crippen LogP contribution < -0.4 is 5.73 Å². The second kappa shape index (κ2) is 8.95. The molecule has 0 aliphatic rings. The first-order chi connectivity index (χ1) is 10.5. The summed E-state index contributed by atoms with van der Waals surface area (Å²) in [6.07, 6.45) is 1.71. The van der Waals surface area contributed by atoms with E-state index in [-0.39, 0.29) is 0 Å². The fourth-order valence-electron chi connectivity index (χ4n) is 1.76. The van der Waals surface area contributed by atoms with E-state index in [0.29, 0.717) is 24.7 Å². The molecule has 0 unspecified atom stereocenters. The predicted molar refractivity (Wildman–Crippen MR) is 93.9 cm³/mol. The molecular weight excluding hydrogens is 274 g/mol. The van der Waals surface area contributed by atoms with Crippen molar-refractivity contribution in [3.8, 4) is 0 Å². The van der Waals surface area contributed by atoms with E-state index in [1.54, 1.807) is 6.21 Å². The maximum atomic E-state index is 5.87. The predicted octanol–water partition coefficient (Wildman–Crippen LogP) is 3.98. The van der Waals surface area contributed by atoms with E-state index in [4.69, 9.17) is 10.5 Å². The molecule has 1 aromatic rings. The van der Waals surface area contributed by atoms with Crippen LogP contribution in [0.2, 0.25) is 0 Å². The molecule has 0 bridgehead atoms. The Balaban J connectivity index is 3.00. The molecule has 0 amide bonds. The number of allylic oxidation sites excluding steroid dienone is 1. The van der Waals surface area contributed by atoms with Gasteiger partial charge in [0.25, 0.3) is 0 Å². The van der Waals surface area contributed by atoms with Crippen molar-refractivity contribution in [2.24, 2.45) is 15.7 Å². The lowest BCUT2D eigenvalue weighted by Gasteiger charge is -2.11. The van der Waals surface area contributed by atoms with Crippen LogP contribution in [0.1, 0.15) is 38.8 Å². The summed E-state index contributed by atoms with van der Waals surface area (Å²) >= 11 is 0. The van der Waals surface area contributed by atoms with Crippen molar-refractivity contribution in [1.82, 2.24) is 0 Å². The van der Waals surface area contributed by atoms with E-state index in [0.717, 1.165) is 22.4 Å². The molecule has 1 rings (SSSR count). The average Bonchev–Trinajstić information content (AvgIpc) is 2.49. The number of ether oxygens (including phenoxy) is 1. The summed E-state index contributed by atoms with van der Waals surface area (Å²) in [4.78, 5) is 8.77. The number of rotatable bonds is 7. The molecule has 0 saturated heterocycles. The summed E-state index contributed by atoms with van der Waals surface area (Å²) in [7, 11) is 0. The minimum absolute atomic E-state index is 0.424. The fourth-order valence-corrected chi connectivity index (χ4v) is 1.76. The quantitative estimate of drug-likeness (QED) is 0.470. The van der Waals surface area contributed by atoms with Crippen molar-refractivity contribution in [2.75, 3.05) is 0 Å². The van der Waals surface area contributed by atoms with Crippen molar-refractivity contribution in [2.45, 2.75) is 40.8 Å². The number of nitrogens with two attached hydrogens (primary N) is 1. The van der Waals surface area contributed by atoms with Crippen LogP contribution in [0.25, 0.3) is 0 Å². The summed E-state index contributed by atoms with van der Waals surface area (Å²) in [6, 6.07) is 8.01. The third-order valence-corrected chi connectivity index (χ3v) is 2.82. The Morgan fingerprint density at radius 1 is 1.18 bits per heavy atom. The van der Waals surface area contributed by atoms with Gasteiger partial charge in [0.1, 0.15) is 12.3 Å². The molecule has 118 valence electrons. The van der Waals surface area contributed by atoms with Crippen LogP contribution in [0.3, 0.4) is 0 Å². The highest BCUT2D eigenvalue weighted by atomic mass is 16.5. The van der Waals surface area contributed by atoms with E-state index < -0.39 is 0 Å². The lowest BCUT2D eigenvalue weighted by molar-refractivity contribution is 0.193. The van der Waals surface area contributed by atoms with Gasteiger partial charge in [-0.2, -0.15) is 0 Å². The van der Waals surface area contributed by atoms with Gasteiger partial charge in [0, 0.05) is 18.5 Å². The van der Waals surface area contributed by atoms with E-state index in [1.807, 2.05) is 52.0 Å². The van der Waals surface area contributed by atoms with Gasteiger partial charge in [0.05, 0.1) is 0 Å². The van der Waals surface area contributed by atoms with E-state index in [9.17, 15) is 0 Å². The van der Waals surface area contributed by atoms with Crippen LogP contribution in [0, 0.1) is 0 Å². The Bertz CT molecular complexity index is 591. The van der Waals surface area contributed by atoms with E-state index in [2.05, 4.69) is 16.6 Å². The normalized spacial score (nSPS) is 12.0. The Hall–Kier alpha value is -2.20. The van der Waals surface area contributed by atoms with Crippen molar-refractivity contribution in [3.63, 3.8) is 0 Å². The summed E-state index contributed by atoms with van der Waals surface area (Å²) in [6.45, 7) is 12.5. The SMILES string of the molecule is C=C(C)/C(N=CC)=C(\N=C(C)C)OCc1ccc(CN)cc1. The molecule has 1 aromatic carbocycles. The van der Waals surface area contributed by atoms with Gasteiger partial charge in [-0.3, -0.25) is 4.99 Å². The molecule has 0 aromatic heterocycles. The van der Waals surface area contributed by atoms with Crippen LogP contribution in [0.15, 0.2) is 58.0 Å². The van der Waals surface area contributed by atoms with Gasteiger partial charge in [-0.25, -0.2) is 4.99 Å². The number of nitrogens with zero attached hydrogens (tertiary/aromatic N) is 2. The Morgan fingerprint density at radius 2 is 1.77 bits per heavy atom. The third-order valence-electron chi connectivity index (χ3n) is 2.82. The lowest BCUT2D eigenvalue weighted by atomic mass is 10.1. The van der Waals surface area contributed by atoms with Crippen molar-refractivity contribution < 1.29 is 4.74 Å². The molecule has 4 heteroatoms. The fraction of sp³-hybridized carbons (Fsp3) is 0.333. The zero-order chi connectivity index (χ0) is 16.5. The van der Waals surface area contributed by atoms with E-state index in [1.165, 1.54) is 0 Å². The summed E-state index contributed by atoms with van der Waals surface area (Å²) < 4.78 is 5.87. The van der Waals surface area contributed by atoms with Crippen LogP contribution >= 0.6 is 0 Å². The summed E-state index contributed by atoms with van der Waals surface area (Å²) in [5.41, 5.74) is 10.1. The zero-order valence-corrected chi connectivity index (χ0v) is 13.9. The molecule has 4 nitrogen and oxygen atoms in total. The van der Waals surface area contributed by atoms with Gasteiger partial charge >= 0.3 is 0 Å². The highest BCUT2D eigenvalue weighted by Gasteiger charge is 2.08. The Kier molecular flexibility index (Phi) is 7.26. The smallest absolute Gasteiger partial charge is 0.240 e. The van der Waals surface area contributed by atoms with Gasteiger partial charge in [-0.15, -0.1) is 0 Å². The molecule has 0 aliphatic heterocycles. The highest BCUT2D eigenvalue weighted by Crippen LogP contribution is 2.19. The minimum Gasteiger partial charge on any atom is -0.471 e. The monoisotopic (exact) mass is 299 g/mol. The maximum Gasteiger partial charge on any atom is 0.240 e. The van der Waals surface area contributed by atoms with Crippen LogP contribution in [-0.4, -0.2) is 11.9 Å². The van der Waals surface area contributed by atoms with Crippen molar-refractivity contribution >= 4 is 11.9 Å². The molecule has 22 heavy (non-hydrogen) atoms. The van der Waals surface area contributed by atoms with Gasteiger partial charge in [0.2, 0.25) is 5.88 Å². The molecule has 2 N–H and O–H groups in total. The third kappa shape index (κ3) is 5.66. The lowest BCUT2D eigenvalue weighted by Crippen LogP contribution is -2.00. The number of benzene rings is 1. The molecular formula is C18H25N3O. The largest absolute Gasteiger partial charge is 0.471 e. The first-order valence-corrected chi connectivity index (χ1v) is 7.29. The first kappa shape index (κ1) is 17.9. The standard InChI is InChI=1S/C18H25N3O/c1-6-20-17(13(2)3)18(21-14(4)5)22-12-16-9-7-15(11-19)8-10-16/h6-10H,2,11-12,19H2,1,3-5H3/b18-17-,20-6?. The van der Waals surface area contributed by atoms with Gasteiger partial charge in [-0.1, -0.05) is 30.8 Å². The van der Waals surface area contributed by atoms with E-state index >= 15 is 0 Å². The van der Waals surface area contributed by atoms with Crippen molar-refractivity contribution in [3.05, 3.63) is 59.1 Å². The second-order valence-electron chi connectivity index (χ2n) is 5.19. The van der Waals surface area contributed by atoms with Crippen LogP contribution in [0.4, 0.5) is 0 Å². The van der Waals surface area contributed by atoms with Gasteiger partial charge in [-0.05, 0) is 44.4 Å². The highest BCUT2D eigenvalue weighted by molar-refractivity contribution is 5.80.